The number of nitrogens with one attached hydrogen (secondary N) is 1. The van der Waals surface area contributed by atoms with Gasteiger partial charge in [-0.15, -0.1) is 0 Å². The first kappa shape index (κ1) is 20.3. The highest BCUT2D eigenvalue weighted by Crippen LogP contribution is 2.34. The number of carboxylic acids is 1. The fourth-order valence-corrected chi connectivity index (χ4v) is 3.11. The van der Waals surface area contributed by atoms with Crippen molar-refractivity contribution in [2.24, 2.45) is 0 Å². The lowest BCUT2D eigenvalue weighted by atomic mass is 10.1. The maximum atomic E-state index is 12.4. The number of amides is 1. The first-order valence-electron chi connectivity index (χ1n) is 7.57. The fourth-order valence-electron chi connectivity index (χ4n) is 2.26. The SMILES string of the molecule is COc1cc(/C=C(\C#N)C(=O)Nc2cccc(C(=O)O)c2)cc(I)c1OC. The number of nitriles is 1. The van der Waals surface area contributed by atoms with E-state index >= 15 is 0 Å². The predicted molar refractivity (Wildman–Crippen MR) is 108 cm³/mol. The number of anilines is 1. The molecule has 0 saturated carbocycles. The Hall–Kier alpha value is -3.06. The molecule has 2 rings (SSSR count). The molecule has 0 bridgehead atoms. The molecule has 0 aliphatic heterocycles. The molecule has 8 heteroatoms. The number of halogens is 1. The summed E-state index contributed by atoms with van der Waals surface area (Å²) in [7, 11) is 3.02. The number of rotatable bonds is 6. The third kappa shape index (κ3) is 4.98. The van der Waals surface area contributed by atoms with Crippen LogP contribution in [0.25, 0.3) is 6.08 Å². The minimum Gasteiger partial charge on any atom is -0.493 e. The van der Waals surface area contributed by atoms with Gasteiger partial charge in [0.25, 0.3) is 5.91 Å². The van der Waals surface area contributed by atoms with E-state index in [0.717, 1.165) is 3.57 Å². The van der Waals surface area contributed by atoms with Crippen LogP contribution in [0.1, 0.15) is 15.9 Å². The highest BCUT2D eigenvalue weighted by Gasteiger charge is 2.14. The van der Waals surface area contributed by atoms with E-state index in [1.807, 2.05) is 6.07 Å². The third-order valence-electron chi connectivity index (χ3n) is 3.50. The lowest BCUT2D eigenvalue weighted by molar-refractivity contribution is -0.112. The topological polar surface area (TPSA) is 109 Å². The second kappa shape index (κ2) is 9.05. The first-order chi connectivity index (χ1) is 12.9. The number of benzene rings is 2. The molecule has 2 aromatic carbocycles. The van der Waals surface area contributed by atoms with Crippen molar-refractivity contribution < 1.29 is 24.2 Å². The number of methoxy groups -OCH3 is 2. The lowest BCUT2D eigenvalue weighted by Gasteiger charge is -2.11. The van der Waals surface area contributed by atoms with Crippen LogP contribution in [0.4, 0.5) is 5.69 Å². The second-order valence-corrected chi connectivity index (χ2v) is 6.41. The molecule has 0 heterocycles. The Labute approximate surface area is 169 Å². The van der Waals surface area contributed by atoms with Gasteiger partial charge in [0, 0.05) is 5.69 Å². The van der Waals surface area contributed by atoms with E-state index in [1.165, 1.54) is 38.5 Å². The summed E-state index contributed by atoms with van der Waals surface area (Å²) in [5.41, 5.74) is 0.759. The van der Waals surface area contributed by atoms with Crippen molar-refractivity contribution in [2.45, 2.75) is 0 Å². The summed E-state index contributed by atoms with van der Waals surface area (Å²) in [6.45, 7) is 0. The zero-order valence-corrected chi connectivity index (χ0v) is 16.6. The Morgan fingerprint density at radius 3 is 2.56 bits per heavy atom. The number of ether oxygens (including phenoxy) is 2. The summed E-state index contributed by atoms with van der Waals surface area (Å²) in [4.78, 5) is 23.4. The molecule has 2 aromatic rings. The van der Waals surface area contributed by atoms with Crippen LogP contribution in [0, 0.1) is 14.9 Å². The van der Waals surface area contributed by atoms with Gasteiger partial charge in [-0.2, -0.15) is 5.26 Å². The molecule has 0 atom stereocenters. The Morgan fingerprint density at radius 2 is 1.96 bits per heavy atom. The number of nitrogens with zero attached hydrogens (tertiary/aromatic N) is 1. The largest absolute Gasteiger partial charge is 0.493 e. The number of carbonyl (C=O) groups excluding carboxylic acids is 1. The van der Waals surface area contributed by atoms with Crippen LogP contribution in [0.3, 0.4) is 0 Å². The van der Waals surface area contributed by atoms with Crippen LogP contribution < -0.4 is 14.8 Å². The summed E-state index contributed by atoms with van der Waals surface area (Å²) < 4.78 is 11.3. The lowest BCUT2D eigenvalue weighted by Crippen LogP contribution is -2.14. The van der Waals surface area contributed by atoms with Crippen molar-refractivity contribution in [1.82, 2.24) is 0 Å². The number of hydrogen-bond acceptors (Lipinski definition) is 5. The summed E-state index contributed by atoms with van der Waals surface area (Å²) in [6.07, 6.45) is 1.42. The van der Waals surface area contributed by atoms with Gasteiger partial charge >= 0.3 is 5.97 Å². The molecule has 0 aliphatic carbocycles. The number of carboxylic acid groups (broad SMARTS) is 1. The Balaban J connectivity index is 2.32. The van der Waals surface area contributed by atoms with Crippen molar-refractivity contribution in [2.75, 3.05) is 19.5 Å². The molecule has 0 aromatic heterocycles. The molecule has 0 fully saturated rings. The number of hydrogen-bond donors (Lipinski definition) is 2. The van der Waals surface area contributed by atoms with Crippen LogP contribution in [0.15, 0.2) is 42.0 Å². The number of carbonyl (C=O) groups is 2. The van der Waals surface area contributed by atoms with Gasteiger partial charge in [0.1, 0.15) is 11.6 Å². The van der Waals surface area contributed by atoms with E-state index in [-0.39, 0.29) is 16.8 Å². The average molecular weight is 478 g/mol. The monoisotopic (exact) mass is 478 g/mol. The average Bonchev–Trinajstić information content (AvgIpc) is 2.65. The van der Waals surface area contributed by atoms with Crippen LogP contribution >= 0.6 is 22.6 Å². The molecule has 27 heavy (non-hydrogen) atoms. The molecule has 1 amide bonds. The molecule has 7 nitrogen and oxygen atoms in total. The molecule has 0 radical (unpaired) electrons. The molecule has 0 aliphatic rings. The molecule has 0 unspecified atom stereocenters. The standard InChI is InChI=1S/C19H15IN2O5/c1-26-16-8-11(7-15(20)17(16)27-2)6-13(10-21)18(23)22-14-5-3-4-12(9-14)19(24)25/h3-9H,1-2H3,(H,22,23)(H,24,25)/b13-6+. The van der Waals surface area contributed by atoms with E-state index < -0.39 is 11.9 Å². The molecular weight excluding hydrogens is 463 g/mol. The van der Waals surface area contributed by atoms with Crippen LogP contribution in [-0.2, 0) is 4.79 Å². The third-order valence-corrected chi connectivity index (χ3v) is 4.30. The van der Waals surface area contributed by atoms with E-state index in [1.54, 1.807) is 18.2 Å². The van der Waals surface area contributed by atoms with Gasteiger partial charge in [-0.05, 0) is 64.6 Å². The quantitative estimate of drug-likeness (QED) is 0.374. The Bertz CT molecular complexity index is 963. The van der Waals surface area contributed by atoms with E-state index in [9.17, 15) is 14.9 Å². The van der Waals surface area contributed by atoms with Crippen LogP contribution in [0.2, 0.25) is 0 Å². The van der Waals surface area contributed by atoms with E-state index in [0.29, 0.717) is 17.1 Å². The fraction of sp³-hybridized carbons (Fsp3) is 0.105. The van der Waals surface area contributed by atoms with Crippen molar-refractivity contribution in [3.8, 4) is 17.6 Å². The van der Waals surface area contributed by atoms with Crippen LogP contribution in [-0.4, -0.2) is 31.2 Å². The van der Waals surface area contributed by atoms with Gasteiger partial charge in [0.15, 0.2) is 11.5 Å². The van der Waals surface area contributed by atoms with Crippen molar-refractivity contribution in [3.63, 3.8) is 0 Å². The van der Waals surface area contributed by atoms with Gasteiger partial charge in [0.2, 0.25) is 0 Å². The predicted octanol–water partition coefficient (Wildman–Crippen LogP) is 3.55. The van der Waals surface area contributed by atoms with Gasteiger partial charge in [0.05, 0.1) is 23.4 Å². The minimum atomic E-state index is -1.11. The highest BCUT2D eigenvalue weighted by molar-refractivity contribution is 14.1. The normalized spacial score (nSPS) is 10.7. The minimum absolute atomic E-state index is 0.0322. The number of aromatic carboxylic acids is 1. The Kier molecular flexibility index (Phi) is 6.79. The summed E-state index contributed by atoms with van der Waals surface area (Å²) in [5, 5.41) is 20.9. The van der Waals surface area contributed by atoms with Gasteiger partial charge in [-0.1, -0.05) is 6.07 Å². The molecule has 0 spiro atoms. The summed E-state index contributed by atoms with van der Waals surface area (Å²) in [6, 6.07) is 11.0. The second-order valence-electron chi connectivity index (χ2n) is 5.25. The van der Waals surface area contributed by atoms with Crippen molar-refractivity contribution in [1.29, 1.82) is 5.26 Å². The van der Waals surface area contributed by atoms with Crippen molar-refractivity contribution in [3.05, 3.63) is 56.7 Å². The zero-order valence-electron chi connectivity index (χ0n) is 14.4. The maximum Gasteiger partial charge on any atom is 0.335 e. The Morgan fingerprint density at radius 1 is 1.22 bits per heavy atom. The summed E-state index contributed by atoms with van der Waals surface area (Å²) >= 11 is 2.07. The molecule has 2 N–H and O–H groups in total. The molecule has 0 saturated heterocycles. The smallest absolute Gasteiger partial charge is 0.335 e. The molecule has 138 valence electrons. The first-order valence-corrected chi connectivity index (χ1v) is 8.65. The van der Waals surface area contributed by atoms with Gasteiger partial charge in [-0.25, -0.2) is 4.79 Å². The van der Waals surface area contributed by atoms with Gasteiger partial charge < -0.3 is 19.9 Å². The van der Waals surface area contributed by atoms with E-state index in [4.69, 9.17) is 14.6 Å². The van der Waals surface area contributed by atoms with Crippen LogP contribution in [0.5, 0.6) is 11.5 Å². The highest BCUT2D eigenvalue weighted by atomic mass is 127. The zero-order chi connectivity index (χ0) is 20.0. The van der Waals surface area contributed by atoms with Crippen molar-refractivity contribution >= 4 is 46.2 Å². The van der Waals surface area contributed by atoms with Gasteiger partial charge in [-0.3, -0.25) is 4.79 Å². The maximum absolute atomic E-state index is 12.4. The molecular formula is C19H15IN2O5. The van der Waals surface area contributed by atoms with E-state index in [2.05, 4.69) is 27.9 Å². The summed E-state index contributed by atoms with van der Waals surface area (Å²) in [5.74, 6) is -0.724.